The van der Waals surface area contributed by atoms with E-state index in [9.17, 15) is 4.79 Å². The Morgan fingerprint density at radius 1 is 0.939 bits per heavy atom. The summed E-state index contributed by atoms with van der Waals surface area (Å²) in [6.07, 6.45) is 2.64. The molecule has 1 aromatic heterocycles. The maximum atomic E-state index is 12.8. The standard InChI is InChI=1S/C27H29N3O3/c1-30(2)18-7-19-32-22-16-14-21(15-17-22)27-29-28-26(33-27)13-6-12-25(31)24-11-5-9-20-8-3-4-10-23(20)24/h3-5,8-11,14-17H,6-7,12-13,18-19H2,1-2H3. The topological polar surface area (TPSA) is 68.5 Å². The number of hydrogen-bond acceptors (Lipinski definition) is 6. The number of aromatic nitrogens is 2. The summed E-state index contributed by atoms with van der Waals surface area (Å²) in [7, 11) is 4.10. The number of nitrogens with zero attached hydrogens (tertiary/aromatic N) is 3. The van der Waals surface area contributed by atoms with Gasteiger partial charge in [0, 0.05) is 30.5 Å². The van der Waals surface area contributed by atoms with Crippen LogP contribution in [0.1, 0.15) is 35.5 Å². The van der Waals surface area contributed by atoms with Gasteiger partial charge in [-0.3, -0.25) is 4.79 Å². The van der Waals surface area contributed by atoms with E-state index in [4.69, 9.17) is 9.15 Å². The van der Waals surface area contributed by atoms with Crippen molar-refractivity contribution in [1.82, 2.24) is 15.1 Å². The van der Waals surface area contributed by atoms with E-state index >= 15 is 0 Å². The smallest absolute Gasteiger partial charge is 0.247 e. The van der Waals surface area contributed by atoms with Crippen LogP contribution in [0.5, 0.6) is 5.75 Å². The first kappa shape index (κ1) is 22.7. The molecule has 0 amide bonds. The Bertz CT molecular complexity index is 1190. The highest BCUT2D eigenvalue weighted by Gasteiger charge is 2.12. The van der Waals surface area contributed by atoms with Gasteiger partial charge in [-0.15, -0.1) is 10.2 Å². The Kier molecular flexibility index (Phi) is 7.47. The van der Waals surface area contributed by atoms with E-state index in [0.717, 1.165) is 40.6 Å². The summed E-state index contributed by atoms with van der Waals surface area (Å²) in [6, 6.07) is 21.5. The van der Waals surface area contributed by atoms with Gasteiger partial charge < -0.3 is 14.1 Å². The van der Waals surface area contributed by atoms with Crippen molar-refractivity contribution in [2.24, 2.45) is 0 Å². The Morgan fingerprint density at radius 3 is 2.55 bits per heavy atom. The second kappa shape index (κ2) is 10.9. The van der Waals surface area contributed by atoms with Gasteiger partial charge in [0.15, 0.2) is 5.78 Å². The van der Waals surface area contributed by atoms with Crippen LogP contribution in [0.25, 0.3) is 22.2 Å². The van der Waals surface area contributed by atoms with Gasteiger partial charge in [-0.25, -0.2) is 0 Å². The lowest BCUT2D eigenvalue weighted by Gasteiger charge is -2.10. The quantitative estimate of drug-likeness (QED) is 0.228. The Labute approximate surface area is 194 Å². The van der Waals surface area contributed by atoms with Crippen LogP contribution < -0.4 is 4.74 Å². The molecule has 0 bridgehead atoms. The van der Waals surface area contributed by atoms with Crippen LogP contribution in [0.3, 0.4) is 0 Å². The predicted molar refractivity (Wildman–Crippen MR) is 130 cm³/mol. The van der Waals surface area contributed by atoms with Crippen LogP contribution in [0.2, 0.25) is 0 Å². The lowest BCUT2D eigenvalue weighted by molar-refractivity contribution is 0.0981. The predicted octanol–water partition coefficient (Wildman–Crippen LogP) is 5.43. The second-order valence-electron chi connectivity index (χ2n) is 8.33. The van der Waals surface area contributed by atoms with Gasteiger partial charge in [-0.2, -0.15) is 0 Å². The second-order valence-corrected chi connectivity index (χ2v) is 8.33. The van der Waals surface area contributed by atoms with Crippen LogP contribution >= 0.6 is 0 Å². The van der Waals surface area contributed by atoms with Crippen LogP contribution in [0.4, 0.5) is 0 Å². The summed E-state index contributed by atoms with van der Waals surface area (Å²) in [5.74, 6) is 1.97. The molecule has 4 aromatic rings. The van der Waals surface area contributed by atoms with Crippen molar-refractivity contribution >= 4 is 16.6 Å². The first-order valence-corrected chi connectivity index (χ1v) is 11.3. The molecule has 0 spiro atoms. The molecule has 4 rings (SSSR count). The van der Waals surface area contributed by atoms with Crippen LogP contribution in [0.15, 0.2) is 71.1 Å². The summed E-state index contributed by atoms with van der Waals surface area (Å²) >= 11 is 0. The molecule has 0 radical (unpaired) electrons. The third-order valence-electron chi connectivity index (χ3n) is 5.47. The van der Waals surface area contributed by atoms with Crippen molar-refractivity contribution in [2.75, 3.05) is 27.2 Å². The third kappa shape index (κ3) is 6.05. The van der Waals surface area contributed by atoms with Gasteiger partial charge in [0.2, 0.25) is 11.8 Å². The number of carbonyl (C=O) groups excluding carboxylic acids is 1. The van der Waals surface area contributed by atoms with Gasteiger partial charge in [-0.1, -0.05) is 42.5 Å². The van der Waals surface area contributed by atoms with Gasteiger partial charge in [0.1, 0.15) is 5.75 Å². The van der Waals surface area contributed by atoms with Crippen molar-refractivity contribution in [3.05, 3.63) is 78.2 Å². The number of Topliss-reactive ketones (excluding diaryl/α,β-unsaturated/α-hetero) is 1. The zero-order valence-corrected chi connectivity index (χ0v) is 19.2. The Balaban J connectivity index is 1.28. The number of rotatable bonds is 11. The van der Waals surface area contributed by atoms with Crippen molar-refractivity contribution in [2.45, 2.75) is 25.7 Å². The molecule has 6 nitrogen and oxygen atoms in total. The van der Waals surface area contributed by atoms with Gasteiger partial charge in [-0.05, 0) is 62.0 Å². The summed E-state index contributed by atoms with van der Waals surface area (Å²) in [6.45, 7) is 1.68. The molecule has 170 valence electrons. The minimum atomic E-state index is 0.132. The fraction of sp³-hybridized carbons (Fsp3) is 0.296. The van der Waals surface area contributed by atoms with Crippen LogP contribution in [-0.4, -0.2) is 48.1 Å². The Morgan fingerprint density at radius 2 is 1.73 bits per heavy atom. The van der Waals surface area contributed by atoms with E-state index in [-0.39, 0.29) is 5.78 Å². The SMILES string of the molecule is CN(C)CCCOc1ccc(-c2nnc(CCCC(=O)c3cccc4ccccc34)o2)cc1. The molecule has 0 aliphatic carbocycles. The molecular formula is C27H29N3O3. The van der Waals surface area contributed by atoms with Crippen molar-refractivity contribution in [3.8, 4) is 17.2 Å². The van der Waals surface area contributed by atoms with E-state index in [1.165, 1.54) is 0 Å². The normalized spacial score (nSPS) is 11.2. The maximum absolute atomic E-state index is 12.8. The largest absolute Gasteiger partial charge is 0.494 e. The zero-order chi connectivity index (χ0) is 23.0. The number of ketones is 1. The maximum Gasteiger partial charge on any atom is 0.247 e. The number of benzene rings is 3. The monoisotopic (exact) mass is 443 g/mol. The molecule has 3 aromatic carbocycles. The minimum Gasteiger partial charge on any atom is -0.494 e. The molecule has 33 heavy (non-hydrogen) atoms. The number of carbonyl (C=O) groups is 1. The van der Waals surface area contributed by atoms with Crippen LogP contribution in [0, 0.1) is 0 Å². The highest BCUT2D eigenvalue weighted by molar-refractivity contribution is 6.08. The van der Waals surface area contributed by atoms with Gasteiger partial charge in [0.25, 0.3) is 0 Å². The summed E-state index contributed by atoms with van der Waals surface area (Å²) in [5.41, 5.74) is 1.62. The molecule has 0 saturated heterocycles. The highest BCUT2D eigenvalue weighted by atomic mass is 16.5. The van der Waals surface area contributed by atoms with Crippen molar-refractivity contribution < 1.29 is 13.9 Å². The van der Waals surface area contributed by atoms with Crippen molar-refractivity contribution in [1.29, 1.82) is 0 Å². The number of hydrogen-bond donors (Lipinski definition) is 0. The minimum absolute atomic E-state index is 0.132. The van der Waals surface area contributed by atoms with Crippen molar-refractivity contribution in [3.63, 3.8) is 0 Å². The molecular weight excluding hydrogens is 414 g/mol. The van der Waals surface area contributed by atoms with E-state index in [1.54, 1.807) is 0 Å². The molecule has 0 unspecified atom stereocenters. The van der Waals surface area contributed by atoms with E-state index < -0.39 is 0 Å². The molecule has 0 saturated carbocycles. The number of aryl methyl sites for hydroxylation is 1. The molecule has 0 fully saturated rings. The molecule has 0 atom stereocenters. The molecule has 0 aliphatic rings. The summed E-state index contributed by atoms with van der Waals surface area (Å²) in [5, 5.41) is 10.4. The summed E-state index contributed by atoms with van der Waals surface area (Å²) < 4.78 is 11.6. The highest BCUT2D eigenvalue weighted by Crippen LogP contribution is 2.23. The fourth-order valence-electron chi connectivity index (χ4n) is 3.74. The van der Waals surface area contributed by atoms with E-state index in [2.05, 4.69) is 29.2 Å². The number of ether oxygens (including phenoxy) is 1. The molecule has 6 heteroatoms. The third-order valence-corrected chi connectivity index (χ3v) is 5.47. The van der Waals surface area contributed by atoms with E-state index in [0.29, 0.717) is 37.7 Å². The number of fused-ring (bicyclic) bond motifs is 1. The molecule has 0 N–H and O–H groups in total. The lowest BCUT2D eigenvalue weighted by Crippen LogP contribution is -2.15. The van der Waals surface area contributed by atoms with E-state index in [1.807, 2.05) is 66.7 Å². The Hall–Kier alpha value is -3.51. The average Bonchev–Trinajstić information content (AvgIpc) is 3.30. The summed E-state index contributed by atoms with van der Waals surface area (Å²) in [4.78, 5) is 14.9. The molecule has 1 heterocycles. The van der Waals surface area contributed by atoms with Crippen LogP contribution in [-0.2, 0) is 6.42 Å². The first-order valence-electron chi connectivity index (χ1n) is 11.3. The fourth-order valence-corrected chi connectivity index (χ4v) is 3.74. The van der Waals surface area contributed by atoms with Gasteiger partial charge in [0.05, 0.1) is 6.61 Å². The zero-order valence-electron chi connectivity index (χ0n) is 19.2. The first-order chi connectivity index (χ1) is 16.1. The lowest BCUT2D eigenvalue weighted by atomic mass is 9.98. The van der Waals surface area contributed by atoms with Gasteiger partial charge >= 0.3 is 0 Å². The molecule has 0 aliphatic heterocycles. The average molecular weight is 444 g/mol.